The van der Waals surface area contributed by atoms with Crippen molar-refractivity contribution in [1.82, 2.24) is 9.62 Å². The van der Waals surface area contributed by atoms with Crippen LogP contribution in [-0.4, -0.2) is 38.8 Å². The first kappa shape index (κ1) is 11.1. The van der Waals surface area contributed by atoms with E-state index in [-0.39, 0.29) is 5.54 Å². The van der Waals surface area contributed by atoms with E-state index in [1.165, 1.54) is 12.8 Å². The van der Waals surface area contributed by atoms with Gasteiger partial charge in [0.05, 0.1) is 0 Å². The third-order valence-electron chi connectivity index (χ3n) is 2.18. The number of nitrogens with one attached hydrogen (secondary N) is 1. The van der Waals surface area contributed by atoms with Crippen LogP contribution in [0.4, 0.5) is 0 Å². The van der Waals surface area contributed by atoms with Crippen molar-refractivity contribution in [1.29, 1.82) is 0 Å². The van der Waals surface area contributed by atoms with Crippen molar-refractivity contribution in [2.24, 2.45) is 0 Å². The van der Waals surface area contributed by atoms with Gasteiger partial charge in [-0.3, -0.25) is 4.55 Å². The van der Waals surface area contributed by atoms with Crippen molar-refractivity contribution in [2.45, 2.75) is 32.2 Å². The van der Waals surface area contributed by atoms with Crippen molar-refractivity contribution >= 4 is 11.3 Å². The molecule has 78 valence electrons. The van der Waals surface area contributed by atoms with Gasteiger partial charge in [0.15, 0.2) is 0 Å². The molecule has 0 saturated carbocycles. The fourth-order valence-electron chi connectivity index (χ4n) is 1.77. The minimum absolute atomic E-state index is 0.288. The third-order valence-corrected chi connectivity index (χ3v) is 2.91. The van der Waals surface area contributed by atoms with Gasteiger partial charge in [-0.25, -0.2) is 8.93 Å². The third kappa shape index (κ3) is 4.17. The Hall–Kier alpha value is 0.0300. The second-order valence-corrected chi connectivity index (χ2v) is 4.92. The van der Waals surface area contributed by atoms with Crippen LogP contribution in [0.1, 0.15) is 26.7 Å². The molecular formula is C8H18N2O2S. The van der Waals surface area contributed by atoms with Gasteiger partial charge in [-0.15, -0.1) is 0 Å². The summed E-state index contributed by atoms with van der Waals surface area (Å²) in [6.45, 7) is 6.95. The van der Waals surface area contributed by atoms with Gasteiger partial charge in [-0.2, -0.15) is 0 Å². The molecule has 0 aliphatic carbocycles. The Morgan fingerprint density at radius 2 is 2.00 bits per heavy atom. The van der Waals surface area contributed by atoms with Crippen LogP contribution in [0.5, 0.6) is 0 Å². The predicted octanol–water partition coefficient (Wildman–Crippen LogP) is 0.587. The number of rotatable bonds is 4. The molecule has 1 aliphatic rings. The molecule has 13 heavy (non-hydrogen) atoms. The first-order chi connectivity index (χ1) is 5.99. The van der Waals surface area contributed by atoms with Gasteiger partial charge < -0.3 is 4.90 Å². The SMILES string of the molecule is CC(C)(CN1CCCC1)NS(=O)O. The molecule has 1 unspecified atom stereocenters. The fraction of sp³-hybridized carbons (Fsp3) is 1.00. The maximum absolute atomic E-state index is 10.6. The van der Waals surface area contributed by atoms with E-state index < -0.39 is 11.3 Å². The summed E-state index contributed by atoms with van der Waals surface area (Å²) in [5.41, 5.74) is -0.288. The average molecular weight is 206 g/mol. The van der Waals surface area contributed by atoms with Crippen molar-refractivity contribution in [3.05, 3.63) is 0 Å². The van der Waals surface area contributed by atoms with Crippen LogP contribution in [0.15, 0.2) is 0 Å². The van der Waals surface area contributed by atoms with E-state index in [9.17, 15) is 4.21 Å². The maximum Gasteiger partial charge on any atom is 0.232 e. The molecule has 1 fully saturated rings. The topological polar surface area (TPSA) is 52.6 Å². The van der Waals surface area contributed by atoms with E-state index in [1.807, 2.05) is 13.8 Å². The van der Waals surface area contributed by atoms with Crippen LogP contribution < -0.4 is 4.72 Å². The number of hydrogen-bond donors (Lipinski definition) is 2. The highest BCUT2D eigenvalue weighted by atomic mass is 32.2. The zero-order valence-corrected chi connectivity index (χ0v) is 9.06. The van der Waals surface area contributed by atoms with E-state index in [0.29, 0.717) is 0 Å². The number of nitrogens with zero attached hydrogens (tertiary/aromatic N) is 1. The second-order valence-electron chi connectivity index (χ2n) is 4.22. The Labute approximate surface area is 82.1 Å². The summed E-state index contributed by atoms with van der Waals surface area (Å²) in [6, 6.07) is 0. The summed E-state index contributed by atoms with van der Waals surface area (Å²) in [4.78, 5) is 2.32. The van der Waals surface area contributed by atoms with Crippen LogP contribution >= 0.6 is 0 Å². The van der Waals surface area contributed by atoms with Crippen molar-refractivity contribution in [3.8, 4) is 0 Å². The molecule has 0 spiro atoms. The summed E-state index contributed by atoms with van der Waals surface area (Å²) in [5.74, 6) is 0. The molecule has 0 bridgehead atoms. The van der Waals surface area contributed by atoms with E-state index in [0.717, 1.165) is 19.6 Å². The molecule has 1 heterocycles. The Morgan fingerprint density at radius 1 is 1.46 bits per heavy atom. The van der Waals surface area contributed by atoms with Crippen molar-refractivity contribution in [2.75, 3.05) is 19.6 Å². The molecule has 5 heteroatoms. The lowest BCUT2D eigenvalue weighted by Gasteiger charge is -2.29. The molecule has 2 N–H and O–H groups in total. The van der Waals surface area contributed by atoms with Gasteiger partial charge in [-0.05, 0) is 39.8 Å². The summed E-state index contributed by atoms with van der Waals surface area (Å²) in [6.07, 6.45) is 2.50. The summed E-state index contributed by atoms with van der Waals surface area (Å²) < 4.78 is 21.9. The number of likely N-dealkylation sites (tertiary alicyclic amines) is 1. The quantitative estimate of drug-likeness (QED) is 0.662. The summed E-state index contributed by atoms with van der Waals surface area (Å²) >= 11 is -1.91. The lowest BCUT2D eigenvalue weighted by Crippen LogP contribution is -2.48. The molecule has 0 radical (unpaired) electrons. The molecule has 0 aromatic heterocycles. The van der Waals surface area contributed by atoms with Gasteiger partial charge in [0.25, 0.3) is 0 Å². The van der Waals surface area contributed by atoms with E-state index >= 15 is 0 Å². The van der Waals surface area contributed by atoms with E-state index in [2.05, 4.69) is 9.62 Å². The molecule has 1 atom stereocenters. The molecule has 0 aromatic rings. The minimum Gasteiger partial charge on any atom is -0.301 e. The first-order valence-electron chi connectivity index (χ1n) is 4.61. The van der Waals surface area contributed by atoms with Gasteiger partial charge in [0, 0.05) is 12.1 Å². The fourth-order valence-corrected chi connectivity index (χ4v) is 2.31. The highest BCUT2D eigenvalue weighted by Crippen LogP contribution is 2.12. The van der Waals surface area contributed by atoms with Crippen LogP contribution in [-0.2, 0) is 11.3 Å². The standard InChI is InChI=1S/C8H18N2O2S/c1-8(2,9-13(11)12)7-10-5-3-4-6-10/h9H,3-7H2,1-2H3,(H,11,12). The van der Waals surface area contributed by atoms with Crippen molar-refractivity contribution < 1.29 is 8.76 Å². The predicted molar refractivity (Wildman–Crippen MR) is 53.7 cm³/mol. The van der Waals surface area contributed by atoms with Gasteiger partial charge in [-0.1, -0.05) is 0 Å². The smallest absolute Gasteiger partial charge is 0.232 e. The highest BCUT2D eigenvalue weighted by molar-refractivity contribution is 7.77. The zero-order chi connectivity index (χ0) is 9.90. The molecule has 1 rings (SSSR count). The number of hydrogen-bond acceptors (Lipinski definition) is 2. The lowest BCUT2D eigenvalue weighted by atomic mass is 10.1. The van der Waals surface area contributed by atoms with E-state index in [4.69, 9.17) is 4.55 Å². The van der Waals surface area contributed by atoms with Gasteiger partial charge in [0.2, 0.25) is 11.3 Å². The highest BCUT2D eigenvalue weighted by Gasteiger charge is 2.24. The molecular weight excluding hydrogens is 188 g/mol. The molecule has 0 amide bonds. The summed E-state index contributed by atoms with van der Waals surface area (Å²) in [5, 5.41) is 0. The Balaban J connectivity index is 2.35. The molecule has 4 nitrogen and oxygen atoms in total. The van der Waals surface area contributed by atoms with Gasteiger partial charge >= 0.3 is 0 Å². The van der Waals surface area contributed by atoms with E-state index in [1.54, 1.807) is 0 Å². The van der Waals surface area contributed by atoms with Crippen LogP contribution in [0.25, 0.3) is 0 Å². The summed E-state index contributed by atoms with van der Waals surface area (Å²) in [7, 11) is 0. The van der Waals surface area contributed by atoms with Gasteiger partial charge in [0.1, 0.15) is 0 Å². The monoisotopic (exact) mass is 206 g/mol. The Bertz CT molecular complexity index is 191. The zero-order valence-electron chi connectivity index (χ0n) is 8.25. The van der Waals surface area contributed by atoms with Crippen LogP contribution in [0.3, 0.4) is 0 Å². The lowest BCUT2D eigenvalue weighted by molar-refractivity contribution is 0.257. The van der Waals surface area contributed by atoms with Crippen molar-refractivity contribution in [3.63, 3.8) is 0 Å². The molecule has 1 saturated heterocycles. The van der Waals surface area contributed by atoms with Crippen LogP contribution in [0.2, 0.25) is 0 Å². The minimum atomic E-state index is -1.91. The van der Waals surface area contributed by atoms with Crippen LogP contribution in [0, 0.1) is 0 Å². The average Bonchev–Trinajstić information content (AvgIpc) is 2.34. The molecule has 0 aromatic carbocycles. The second kappa shape index (κ2) is 4.50. The molecule has 1 aliphatic heterocycles. The Kier molecular flexibility index (Phi) is 3.85. The normalized spacial score (nSPS) is 22.1. The maximum atomic E-state index is 10.6. The first-order valence-corrected chi connectivity index (χ1v) is 5.71. The Morgan fingerprint density at radius 3 is 2.46 bits per heavy atom. The largest absolute Gasteiger partial charge is 0.301 e.